The molecule has 2 heterocycles. The molecule has 4 rings (SSSR count). The normalized spacial score (nSPS) is 17.3. The van der Waals surface area contributed by atoms with Crippen molar-refractivity contribution < 1.29 is 33.2 Å². The van der Waals surface area contributed by atoms with Crippen molar-refractivity contribution in [3.63, 3.8) is 0 Å². The van der Waals surface area contributed by atoms with Crippen LogP contribution in [0.5, 0.6) is 34.5 Å². The van der Waals surface area contributed by atoms with Crippen LogP contribution in [0.15, 0.2) is 24.3 Å². The van der Waals surface area contributed by atoms with Crippen LogP contribution in [0.1, 0.15) is 23.5 Å². The number of rotatable bonds is 4. The quantitative estimate of drug-likeness (QED) is 0.615. The van der Waals surface area contributed by atoms with Crippen molar-refractivity contribution in [1.82, 2.24) is 0 Å². The van der Waals surface area contributed by atoms with E-state index in [1.54, 1.807) is 14.2 Å². The molecule has 136 valence electrons. The van der Waals surface area contributed by atoms with E-state index in [-0.39, 0.29) is 25.1 Å². The summed E-state index contributed by atoms with van der Waals surface area (Å²) in [7, 11) is 4.65. The fourth-order valence-corrected chi connectivity index (χ4v) is 3.42. The molecule has 0 radical (unpaired) electrons. The van der Waals surface area contributed by atoms with Crippen LogP contribution in [0.4, 0.5) is 0 Å². The minimum atomic E-state index is -0.350. The van der Waals surface area contributed by atoms with Gasteiger partial charge in [0.15, 0.2) is 11.5 Å². The van der Waals surface area contributed by atoms with Crippen molar-refractivity contribution in [2.24, 2.45) is 0 Å². The molecule has 1 atom stereocenters. The molecular weight excluding hydrogens is 340 g/mol. The molecule has 0 spiro atoms. The smallest absolute Gasteiger partial charge is 0.312 e. The molecule has 0 saturated carbocycles. The maximum atomic E-state index is 12.3. The average Bonchev–Trinajstić information content (AvgIpc) is 3.14. The van der Waals surface area contributed by atoms with Gasteiger partial charge in [0.1, 0.15) is 5.75 Å². The number of methoxy groups -OCH3 is 3. The summed E-state index contributed by atoms with van der Waals surface area (Å²) in [5.41, 5.74) is 1.64. The maximum Gasteiger partial charge on any atom is 0.312 e. The van der Waals surface area contributed by atoms with Crippen LogP contribution in [0.2, 0.25) is 0 Å². The summed E-state index contributed by atoms with van der Waals surface area (Å²) in [4.78, 5) is 12.3. The fourth-order valence-electron chi connectivity index (χ4n) is 3.42. The third kappa shape index (κ3) is 2.39. The van der Waals surface area contributed by atoms with Gasteiger partial charge in [-0.2, -0.15) is 0 Å². The van der Waals surface area contributed by atoms with Gasteiger partial charge in [0.25, 0.3) is 0 Å². The van der Waals surface area contributed by atoms with E-state index in [4.69, 9.17) is 28.4 Å². The second-order valence-corrected chi connectivity index (χ2v) is 5.88. The van der Waals surface area contributed by atoms with E-state index in [2.05, 4.69) is 0 Å². The van der Waals surface area contributed by atoms with Crippen molar-refractivity contribution in [3.8, 4) is 34.5 Å². The van der Waals surface area contributed by atoms with Crippen LogP contribution >= 0.6 is 0 Å². The zero-order valence-electron chi connectivity index (χ0n) is 14.7. The number of esters is 1. The van der Waals surface area contributed by atoms with Crippen molar-refractivity contribution in [1.29, 1.82) is 0 Å². The average molecular weight is 358 g/mol. The van der Waals surface area contributed by atoms with Gasteiger partial charge in [-0.3, -0.25) is 4.79 Å². The van der Waals surface area contributed by atoms with Crippen molar-refractivity contribution >= 4 is 5.97 Å². The molecule has 0 saturated heterocycles. The van der Waals surface area contributed by atoms with Gasteiger partial charge < -0.3 is 28.4 Å². The third-order valence-corrected chi connectivity index (χ3v) is 4.58. The molecule has 0 N–H and O–H groups in total. The highest BCUT2D eigenvalue weighted by Crippen LogP contribution is 2.59. The molecule has 7 heteroatoms. The molecular formula is C19H18O7. The topological polar surface area (TPSA) is 72.5 Å². The van der Waals surface area contributed by atoms with Gasteiger partial charge in [-0.1, -0.05) is 12.1 Å². The number of ether oxygens (including phenoxy) is 6. The molecule has 2 aliphatic rings. The summed E-state index contributed by atoms with van der Waals surface area (Å²) < 4.78 is 32.9. The van der Waals surface area contributed by atoms with E-state index >= 15 is 0 Å². The highest BCUT2D eigenvalue weighted by atomic mass is 16.7. The Morgan fingerprint density at radius 3 is 2.15 bits per heavy atom. The number of hydrogen-bond acceptors (Lipinski definition) is 7. The van der Waals surface area contributed by atoms with Crippen molar-refractivity contribution in [2.75, 3.05) is 28.1 Å². The Morgan fingerprint density at radius 2 is 1.54 bits per heavy atom. The molecule has 0 fully saturated rings. The zero-order chi connectivity index (χ0) is 18.3. The van der Waals surface area contributed by atoms with Crippen LogP contribution in [0, 0.1) is 0 Å². The molecule has 0 aliphatic carbocycles. The SMILES string of the molecule is COc1ccc(C2CC(=O)Oc3c(OC)c4c(c(OC)c32)OCO4)cc1. The van der Waals surface area contributed by atoms with E-state index in [0.29, 0.717) is 34.3 Å². The van der Waals surface area contributed by atoms with E-state index in [9.17, 15) is 4.79 Å². The molecule has 2 aromatic carbocycles. The van der Waals surface area contributed by atoms with Crippen LogP contribution in [0.25, 0.3) is 0 Å². The predicted octanol–water partition coefficient (Wildman–Crippen LogP) is 2.88. The molecule has 0 bridgehead atoms. The van der Waals surface area contributed by atoms with E-state index in [0.717, 1.165) is 11.3 Å². The fraction of sp³-hybridized carbons (Fsp3) is 0.316. The molecule has 2 aliphatic heterocycles. The van der Waals surface area contributed by atoms with Crippen LogP contribution < -0.4 is 28.4 Å². The second kappa shape index (κ2) is 6.33. The molecule has 0 amide bonds. The first kappa shape index (κ1) is 16.4. The van der Waals surface area contributed by atoms with Gasteiger partial charge in [0.2, 0.25) is 24.0 Å². The lowest BCUT2D eigenvalue weighted by Gasteiger charge is -2.28. The Balaban J connectivity index is 1.94. The largest absolute Gasteiger partial charge is 0.497 e. The highest BCUT2D eigenvalue weighted by molar-refractivity contribution is 5.83. The molecule has 26 heavy (non-hydrogen) atoms. The van der Waals surface area contributed by atoms with E-state index in [1.807, 2.05) is 24.3 Å². The minimum absolute atomic E-state index is 0.0477. The Bertz CT molecular complexity index is 857. The molecule has 0 aromatic heterocycles. The summed E-state index contributed by atoms with van der Waals surface area (Å²) in [6.07, 6.45) is 0.179. The number of fused-ring (bicyclic) bond motifs is 2. The van der Waals surface area contributed by atoms with Gasteiger partial charge in [-0.05, 0) is 17.7 Å². The van der Waals surface area contributed by atoms with Gasteiger partial charge >= 0.3 is 5.97 Å². The van der Waals surface area contributed by atoms with Gasteiger partial charge in [-0.15, -0.1) is 0 Å². The van der Waals surface area contributed by atoms with Crippen LogP contribution in [-0.2, 0) is 4.79 Å². The van der Waals surface area contributed by atoms with Gasteiger partial charge in [0, 0.05) is 5.92 Å². The number of carbonyl (C=O) groups is 1. The first-order chi connectivity index (χ1) is 12.7. The third-order valence-electron chi connectivity index (χ3n) is 4.58. The van der Waals surface area contributed by atoms with E-state index < -0.39 is 0 Å². The lowest BCUT2D eigenvalue weighted by Crippen LogP contribution is -2.22. The first-order valence-electron chi connectivity index (χ1n) is 8.10. The lowest BCUT2D eigenvalue weighted by atomic mass is 9.85. The maximum absolute atomic E-state index is 12.3. The Kier molecular flexibility index (Phi) is 3.99. The molecule has 7 nitrogen and oxygen atoms in total. The predicted molar refractivity (Wildman–Crippen MR) is 90.8 cm³/mol. The van der Waals surface area contributed by atoms with Gasteiger partial charge in [-0.25, -0.2) is 0 Å². The van der Waals surface area contributed by atoms with Crippen LogP contribution in [0.3, 0.4) is 0 Å². The highest BCUT2D eigenvalue weighted by Gasteiger charge is 2.40. The van der Waals surface area contributed by atoms with E-state index in [1.165, 1.54) is 7.11 Å². The number of benzene rings is 2. The van der Waals surface area contributed by atoms with Crippen LogP contribution in [-0.4, -0.2) is 34.1 Å². The summed E-state index contributed by atoms with van der Waals surface area (Å²) in [5, 5.41) is 0. The zero-order valence-corrected chi connectivity index (χ0v) is 14.7. The first-order valence-corrected chi connectivity index (χ1v) is 8.10. The summed E-state index contributed by atoms with van der Waals surface area (Å²) in [6.45, 7) is 0.0477. The van der Waals surface area contributed by atoms with Gasteiger partial charge in [0.05, 0.1) is 33.3 Å². The van der Waals surface area contributed by atoms with Crippen molar-refractivity contribution in [2.45, 2.75) is 12.3 Å². The summed E-state index contributed by atoms with van der Waals surface area (Å²) >= 11 is 0. The Morgan fingerprint density at radius 1 is 0.885 bits per heavy atom. The standard InChI is InChI=1S/C19H18O7/c1-21-11-6-4-10(5-7-11)12-8-13(20)26-16-14(12)15(22-2)18-19(17(16)23-3)25-9-24-18/h4-7,12H,8-9H2,1-3H3. The minimum Gasteiger partial charge on any atom is -0.497 e. The monoisotopic (exact) mass is 358 g/mol. The summed E-state index contributed by atoms with van der Waals surface area (Å²) in [6, 6.07) is 7.54. The van der Waals surface area contributed by atoms with Crippen molar-refractivity contribution in [3.05, 3.63) is 35.4 Å². The molecule has 1 unspecified atom stereocenters. The summed E-state index contributed by atoms with van der Waals surface area (Å²) in [5.74, 6) is 2.09. The number of carbonyl (C=O) groups excluding carboxylic acids is 1. The second-order valence-electron chi connectivity index (χ2n) is 5.88. The molecule has 2 aromatic rings. The number of hydrogen-bond donors (Lipinski definition) is 0. The Hall–Kier alpha value is -3.09. The Labute approximate surface area is 150 Å². The lowest BCUT2D eigenvalue weighted by molar-refractivity contribution is -0.135.